The summed E-state index contributed by atoms with van der Waals surface area (Å²) in [5.74, 6) is 0.689. The SMILES string of the molecule is Cc1oc2nc(N)[nH]c(=O)c2c1-c1ccc(Br)cc1. The first-order valence-corrected chi connectivity index (χ1v) is 6.40. The summed E-state index contributed by atoms with van der Waals surface area (Å²) in [6.07, 6.45) is 0. The Morgan fingerprint density at radius 1 is 1.32 bits per heavy atom. The number of nitrogens with one attached hydrogen (secondary N) is 1. The van der Waals surface area contributed by atoms with Crippen molar-refractivity contribution in [1.82, 2.24) is 9.97 Å². The highest BCUT2D eigenvalue weighted by Gasteiger charge is 2.17. The highest BCUT2D eigenvalue weighted by Crippen LogP contribution is 2.32. The van der Waals surface area contributed by atoms with Gasteiger partial charge in [-0.1, -0.05) is 28.1 Å². The molecule has 0 aliphatic heterocycles. The van der Waals surface area contributed by atoms with Gasteiger partial charge in [-0.25, -0.2) is 0 Å². The van der Waals surface area contributed by atoms with E-state index < -0.39 is 0 Å². The van der Waals surface area contributed by atoms with Crippen LogP contribution < -0.4 is 11.3 Å². The van der Waals surface area contributed by atoms with E-state index in [9.17, 15) is 4.79 Å². The number of aromatic nitrogens is 2. The van der Waals surface area contributed by atoms with Gasteiger partial charge in [-0.15, -0.1) is 0 Å². The number of nitrogens with zero attached hydrogens (tertiary/aromatic N) is 1. The number of hydrogen-bond acceptors (Lipinski definition) is 4. The molecule has 5 nitrogen and oxygen atoms in total. The first-order chi connectivity index (χ1) is 9.06. The summed E-state index contributed by atoms with van der Waals surface area (Å²) in [7, 11) is 0. The largest absolute Gasteiger partial charge is 0.442 e. The first kappa shape index (κ1) is 12.0. The summed E-state index contributed by atoms with van der Waals surface area (Å²) in [4.78, 5) is 18.5. The quantitative estimate of drug-likeness (QED) is 0.722. The molecule has 0 atom stereocenters. The molecule has 0 spiro atoms. The topological polar surface area (TPSA) is 84.9 Å². The van der Waals surface area contributed by atoms with Crippen LogP contribution in [0.1, 0.15) is 5.76 Å². The van der Waals surface area contributed by atoms with E-state index in [1.807, 2.05) is 24.3 Å². The van der Waals surface area contributed by atoms with Crippen LogP contribution in [-0.4, -0.2) is 9.97 Å². The monoisotopic (exact) mass is 319 g/mol. The molecule has 0 aliphatic carbocycles. The van der Waals surface area contributed by atoms with E-state index in [0.29, 0.717) is 11.1 Å². The molecule has 0 fully saturated rings. The van der Waals surface area contributed by atoms with Crippen molar-refractivity contribution in [1.29, 1.82) is 0 Å². The normalized spacial score (nSPS) is 11.1. The lowest BCUT2D eigenvalue weighted by atomic mass is 10.0. The summed E-state index contributed by atoms with van der Waals surface area (Å²) in [5, 5.41) is 0.425. The maximum absolute atomic E-state index is 12.0. The van der Waals surface area contributed by atoms with Crippen LogP contribution in [0.3, 0.4) is 0 Å². The maximum atomic E-state index is 12.0. The second-order valence-electron chi connectivity index (χ2n) is 4.17. The van der Waals surface area contributed by atoms with Crippen LogP contribution in [-0.2, 0) is 0 Å². The summed E-state index contributed by atoms with van der Waals surface area (Å²) in [6.45, 7) is 1.80. The Kier molecular flexibility index (Phi) is 2.67. The van der Waals surface area contributed by atoms with Crippen LogP contribution in [0, 0.1) is 6.92 Å². The molecule has 0 bridgehead atoms. The number of H-pyrrole nitrogens is 1. The van der Waals surface area contributed by atoms with Gasteiger partial charge in [0.05, 0.1) is 0 Å². The Hall–Kier alpha value is -2.08. The molecule has 3 N–H and O–H groups in total. The lowest BCUT2D eigenvalue weighted by Crippen LogP contribution is -2.10. The molecular formula is C13H10BrN3O2. The summed E-state index contributed by atoms with van der Waals surface area (Å²) in [6, 6.07) is 7.65. The minimum absolute atomic E-state index is 0.0496. The Bertz CT molecular complexity index is 818. The minimum Gasteiger partial charge on any atom is -0.442 e. The zero-order chi connectivity index (χ0) is 13.6. The van der Waals surface area contributed by atoms with Crippen LogP contribution in [0.15, 0.2) is 37.9 Å². The van der Waals surface area contributed by atoms with Gasteiger partial charge in [0.15, 0.2) is 0 Å². The van der Waals surface area contributed by atoms with Gasteiger partial charge in [0.25, 0.3) is 5.56 Å². The predicted molar refractivity (Wildman–Crippen MR) is 76.9 cm³/mol. The number of benzene rings is 1. The number of rotatable bonds is 1. The van der Waals surface area contributed by atoms with Crippen LogP contribution >= 0.6 is 15.9 Å². The smallest absolute Gasteiger partial charge is 0.264 e. The minimum atomic E-state index is -0.294. The number of nitrogen functional groups attached to an aromatic ring is 1. The van der Waals surface area contributed by atoms with E-state index in [0.717, 1.165) is 15.6 Å². The van der Waals surface area contributed by atoms with Gasteiger partial charge < -0.3 is 10.2 Å². The summed E-state index contributed by atoms with van der Waals surface area (Å²) >= 11 is 3.38. The van der Waals surface area contributed by atoms with Crippen molar-refractivity contribution in [2.24, 2.45) is 0 Å². The Labute approximate surface area is 116 Å². The Morgan fingerprint density at radius 3 is 2.68 bits per heavy atom. The number of hydrogen-bond donors (Lipinski definition) is 2. The fourth-order valence-corrected chi connectivity index (χ4v) is 2.36. The van der Waals surface area contributed by atoms with Gasteiger partial charge in [-0.3, -0.25) is 9.78 Å². The third-order valence-electron chi connectivity index (χ3n) is 2.89. The number of nitrogens with two attached hydrogens (primary N) is 1. The van der Waals surface area contributed by atoms with E-state index in [1.165, 1.54) is 0 Å². The number of halogens is 1. The highest BCUT2D eigenvalue weighted by molar-refractivity contribution is 9.10. The molecule has 0 unspecified atom stereocenters. The molecule has 0 saturated heterocycles. The van der Waals surface area contributed by atoms with Crippen LogP contribution in [0.25, 0.3) is 22.2 Å². The molecule has 0 amide bonds. The van der Waals surface area contributed by atoms with Crippen molar-refractivity contribution >= 4 is 33.0 Å². The molecule has 3 rings (SSSR count). The number of anilines is 1. The zero-order valence-electron chi connectivity index (χ0n) is 10.0. The second kappa shape index (κ2) is 4.24. The molecule has 2 heterocycles. The molecule has 0 aliphatic rings. The third kappa shape index (κ3) is 1.94. The fraction of sp³-hybridized carbons (Fsp3) is 0.0769. The van der Waals surface area contributed by atoms with E-state index >= 15 is 0 Å². The van der Waals surface area contributed by atoms with Crippen LogP contribution in [0.4, 0.5) is 5.95 Å². The maximum Gasteiger partial charge on any atom is 0.264 e. The summed E-state index contributed by atoms with van der Waals surface area (Å²) < 4.78 is 6.49. The van der Waals surface area contributed by atoms with Gasteiger partial charge in [-0.2, -0.15) is 4.98 Å². The van der Waals surface area contributed by atoms with Gasteiger partial charge in [0.2, 0.25) is 11.7 Å². The average Bonchev–Trinajstić information content (AvgIpc) is 2.66. The number of aromatic amines is 1. The average molecular weight is 320 g/mol. The Morgan fingerprint density at radius 2 is 2.00 bits per heavy atom. The van der Waals surface area contributed by atoms with Gasteiger partial charge in [0, 0.05) is 10.0 Å². The molecular weight excluding hydrogens is 310 g/mol. The van der Waals surface area contributed by atoms with Crippen molar-refractivity contribution in [3.63, 3.8) is 0 Å². The van der Waals surface area contributed by atoms with Crippen molar-refractivity contribution in [3.05, 3.63) is 44.9 Å². The standard InChI is InChI=1S/C13H10BrN3O2/c1-6-9(7-2-4-8(14)5-3-7)10-11(18)16-13(15)17-12(10)19-6/h2-5H,1H3,(H3,15,16,17,18). The van der Waals surface area contributed by atoms with E-state index in [2.05, 4.69) is 25.9 Å². The molecule has 1 aromatic carbocycles. The summed E-state index contributed by atoms with van der Waals surface area (Å²) in [5.41, 5.74) is 7.12. The highest BCUT2D eigenvalue weighted by atomic mass is 79.9. The second-order valence-corrected chi connectivity index (χ2v) is 5.09. The van der Waals surface area contributed by atoms with Crippen LogP contribution in [0.5, 0.6) is 0 Å². The third-order valence-corrected chi connectivity index (χ3v) is 3.42. The van der Waals surface area contributed by atoms with Crippen molar-refractivity contribution < 1.29 is 4.42 Å². The van der Waals surface area contributed by atoms with Crippen molar-refractivity contribution in [3.8, 4) is 11.1 Å². The lowest BCUT2D eigenvalue weighted by Gasteiger charge is -2.00. The number of aryl methyl sites for hydroxylation is 1. The molecule has 96 valence electrons. The Balaban J connectivity index is 2.38. The molecule has 6 heteroatoms. The number of furan rings is 1. The zero-order valence-corrected chi connectivity index (χ0v) is 11.6. The molecule has 0 radical (unpaired) electrons. The number of fused-ring (bicyclic) bond motifs is 1. The van der Waals surface area contributed by atoms with E-state index in [4.69, 9.17) is 10.2 Å². The van der Waals surface area contributed by atoms with Crippen molar-refractivity contribution in [2.45, 2.75) is 6.92 Å². The first-order valence-electron chi connectivity index (χ1n) is 5.61. The fourth-order valence-electron chi connectivity index (χ4n) is 2.10. The van der Waals surface area contributed by atoms with Gasteiger partial charge >= 0.3 is 0 Å². The molecule has 0 saturated carbocycles. The van der Waals surface area contributed by atoms with Crippen LogP contribution in [0.2, 0.25) is 0 Å². The lowest BCUT2D eigenvalue weighted by molar-refractivity contribution is 0.568. The van der Waals surface area contributed by atoms with Crippen molar-refractivity contribution in [2.75, 3.05) is 5.73 Å². The predicted octanol–water partition coefficient (Wildman–Crippen LogP) is 2.84. The van der Waals surface area contributed by atoms with E-state index in [1.54, 1.807) is 6.92 Å². The van der Waals surface area contributed by atoms with Gasteiger partial charge in [-0.05, 0) is 24.6 Å². The molecule has 3 aromatic rings. The molecule has 19 heavy (non-hydrogen) atoms. The van der Waals surface area contributed by atoms with Gasteiger partial charge in [0.1, 0.15) is 11.1 Å². The van der Waals surface area contributed by atoms with E-state index in [-0.39, 0.29) is 17.2 Å². The molecule has 2 aromatic heterocycles.